The van der Waals surface area contributed by atoms with Gasteiger partial charge in [0.25, 0.3) is 0 Å². The minimum atomic E-state index is -0.172. The Hall–Kier alpha value is -2.04. The maximum Gasteiger partial charge on any atom is 0.319 e. The molecule has 1 aromatic rings. The van der Waals surface area contributed by atoms with Gasteiger partial charge in [0.15, 0.2) is 0 Å². The predicted octanol–water partition coefficient (Wildman–Crippen LogP) is 3.74. The Morgan fingerprint density at radius 2 is 1.70 bits per heavy atom. The van der Waals surface area contributed by atoms with Crippen molar-refractivity contribution in [3.8, 4) is 0 Å². The molecule has 3 N–H and O–H groups in total. The second kappa shape index (κ2) is 7.02. The van der Waals surface area contributed by atoms with E-state index in [0.29, 0.717) is 11.6 Å². The Kier molecular flexibility index (Phi) is 4.84. The Bertz CT molecular complexity index is 583. The maximum absolute atomic E-state index is 12.2. The number of benzene rings is 1. The molecule has 3 rings (SSSR count). The monoisotopic (exact) mass is 315 g/mol. The maximum atomic E-state index is 12.2. The zero-order chi connectivity index (χ0) is 16.2. The van der Waals surface area contributed by atoms with Crippen LogP contribution in [0, 0.1) is 11.8 Å². The normalized spacial score (nSPS) is 23.9. The Morgan fingerprint density at radius 3 is 2.39 bits per heavy atom. The number of rotatable bonds is 4. The molecule has 0 aromatic heterocycles. The topological polar surface area (TPSA) is 70.2 Å². The summed E-state index contributed by atoms with van der Waals surface area (Å²) >= 11 is 0. The van der Waals surface area contributed by atoms with E-state index < -0.39 is 0 Å². The number of urea groups is 1. The van der Waals surface area contributed by atoms with E-state index in [-0.39, 0.29) is 23.9 Å². The number of nitrogens with one attached hydrogen (secondary N) is 3. The van der Waals surface area contributed by atoms with E-state index in [2.05, 4.69) is 22.9 Å². The summed E-state index contributed by atoms with van der Waals surface area (Å²) in [6.07, 6.45) is 6.61. The summed E-state index contributed by atoms with van der Waals surface area (Å²) in [5, 5.41) is 8.83. The molecule has 5 heteroatoms. The van der Waals surface area contributed by atoms with E-state index in [1.54, 1.807) is 6.07 Å². The third-order valence-corrected chi connectivity index (χ3v) is 4.76. The molecule has 0 heterocycles. The fraction of sp³-hybridized carbons (Fsp3) is 0.556. The van der Waals surface area contributed by atoms with Crippen LogP contribution in [0.3, 0.4) is 0 Å². The molecule has 2 atom stereocenters. The standard InChI is InChI=1S/C18H25N3O2/c1-12-5-2-3-8-16(12)21-18(23)20-15-7-4-6-14(11-15)19-17(22)13-9-10-13/h4,6-7,11-13,16H,2-3,5,8-10H2,1H3,(H,19,22)(H2,20,21,23). The van der Waals surface area contributed by atoms with Gasteiger partial charge in [-0.3, -0.25) is 4.79 Å². The predicted molar refractivity (Wildman–Crippen MR) is 91.4 cm³/mol. The van der Waals surface area contributed by atoms with Gasteiger partial charge in [0.1, 0.15) is 0 Å². The van der Waals surface area contributed by atoms with Crippen LogP contribution in [0.15, 0.2) is 24.3 Å². The molecular formula is C18H25N3O2. The first kappa shape index (κ1) is 15.8. The van der Waals surface area contributed by atoms with Gasteiger partial charge in [-0.05, 0) is 49.8 Å². The van der Waals surface area contributed by atoms with Gasteiger partial charge in [-0.15, -0.1) is 0 Å². The van der Waals surface area contributed by atoms with Crippen molar-refractivity contribution < 1.29 is 9.59 Å². The summed E-state index contributed by atoms with van der Waals surface area (Å²) in [6.45, 7) is 2.19. The lowest BCUT2D eigenvalue weighted by Gasteiger charge is -2.29. The largest absolute Gasteiger partial charge is 0.335 e. The van der Waals surface area contributed by atoms with Gasteiger partial charge in [0, 0.05) is 23.3 Å². The smallest absolute Gasteiger partial charge is 0.319 e. The van der Waals surface area contributed by atoms with Gasteiger partial charge < -0.3 is 16.0 Å². The van der Waals surface area contributed by atoms with E-state index in [0.717, 1.165) is 24.9 Å². The van der Waals surface area contributed by atoms with Crippen molar-refractivity contribution in [3.63, 3.8) is 0 Å². The van der Waals surface area contributed by atoms with E-state index in [4.69, 9.17) is 0 Å². The molecule has 0 aliphatic heterocycles. The van der Waals surface area contributed by atoms with E-state index in [1.807, 2.05) is 18.2 Å². The SMILES string of the molecule is CC1CCCCC1NC(=O)Nc1cccc(NC(=O)C2CC2)c1. The Morgan fingerprint density at radius 1 is 1.00 bits per heavy atom. The Labute approximate surface area is 137 Å². The van der Waals surface area contributed by atoms with Crippen LogP contribution in [-0.4, -0.2) is 18.0 Å². The van der Waals surface area contributed by atoms with Crippen molar-refractivity contribution in [2.45, 2.75) is 51.5 Å². The summed E-state index contributed by atoms with van der Waals surface area (Å²) in [6, 6.07) is 7.38. The van der Waals surface area contributed by atoms with Gasteiger partial charge in [0.2, 0.25) is 5.91 Å². The van der Waals surface area contributed by atoms with Crippen LogP contribution >= 0.6 is 0 Å². The molecule has 1 aromatic carbocycles. The summed E-state index contributed by atoms with van der Waals surface area (Å²) in [5.41, 5.74) is 1.42. The second-order valence-corrected chi connectivity index (χ2v) is 6.81. The van der Waals surface area contributed by atoms with E-state index in [1.165, 1.54) is 19.3 Å². The van der Waals surface area contributed by atoms with Crippen molar-refractivity contribution in [1.29, 1.82) is 0 Å². The molecule has 0 radical (unpaired) electrons. The minimum absolute atomic E-state index is 0.0719. The van der Waals surface area contributed by atoms with Crippen molar-refractivity contribution >= 4 is 23.3 Å². The zero-order valence-corrected chi connectivity index (χ0v) is 13.6. The van der Waals surface area contributed by atoms with E-state index in [9.17, 15) is 9.59 Å². The highest BCUT2D eigenvalue weighted by molar-refractivity contribution is 5.95. The van der Waals surface area contributed by atoms with Crippen molar-refractivity contribution in [1.82, 2.24) is 5.32 Å². The van der Waals surface area contributed by atoms with Crippen molar-refractivity contribution in [2.75, 3.05) is 10.6 Å². The van der Waals surface area contributed by atoms with Crippen LogP contribution in [-0.2, 0) is 4.79 Å². The highest BCUT2D eigenvalue weighted by Crippen LogP contribution is 2.30. The van der Waals surface area contributed by atoms with Gasteiger partial charge >= 0.3 is 6.03 Å². The van der Waals surface area contributed by atoms with Crippen LogP contribution in [0.5, 0.6) is 0 Å². The average Bonchev–Trinajstić information content (AvgIpc) is 3.35. The van der Waals surface area contributed by atoms with Crippen LogP contribution in [0.2, 0.25) is 0 Å². The quantitative estimate of drug-likeness (QED) is 0.792. The third kappa shape index (κ3) is 4.47. The van der Waals surface area contributed by atoms with E-state index >= 15 is 0 Å². The van der Waals surface area contributed by atoms with Gasteiger partial charge in [0.05, 0.1) is 0 Å². The number of carbonyl (C=O) groups is 2. The van der Waals surface area contributed by atoms with Crippen LogP contribution in [0.25, 0.3) is 0 Å². The van der Waals surface area contributed by atoms with Crippen LogP contribution in [0.1, 0.15) is 45.4 Å². The number of hydrogen-bond donors (Lipinski definition) is 3. The third-order valence-electron chi connectivity index (χ3n) is 4.76. The first-order chi connectivity index (χ1) is 11.1. The molecule has 2 unspecified atom stereocenters. The molecule has 2 aliphatic rings. The minimum Gasteiger partial charge on any atom is -0.335 e. The fourth-order valence-electron chi connectivity index (χ4n) is 3.13. The van der Waals surface area contributed by atoms with Crippen LogP contribution in [0.4, 0.5) is 16.2 Å². The molecular weight excluding hydrogens is 290 g/mol. The highest BCUT2D eigenvalue weighted by Gasteiger charge is 2.29. The molecule has 124 valence electrons. The lowest BCUT2D eigenvalue weighted by atomic mass is 9.86. The molecule has 2 saturated carbocycles. The van der Waals surface area contributed by atoms with Crippen molar-refractivity contribution in [2.24, 2.45) is 11.8 Å². The van der Waals surface area contributed by atoms with Gasteiger partial charge in [-0.25, -0.2) is 4.79 Å². The number of amides is 3. The molecule has 5 nitrogen and oxygen atoms in total. The highest BCUT2D eigenvalue weighted by atomic mass is 16.2. The lowest BCUT2D eigenvalue weighted by molar-refractivity contribution is -0.117. The van der Waals surface area contributed by atoms with Gasteiger partial charge in [-0.2, -0.15) is 0 Å². The summed E-state index contributed by atoms with van der Waals surface area (Å²) in [5.74, 6) is 0.768. The second-order valence-electron chi connectivity index (χ2n) is 6.81. The first-order valence-corrected chi connectivity index (χ1v) is 8.60. The summed E-state index contributed by atoms with van der Waals surface area (Å²) < 4.78 is 0. The summed E-state index contributed by atoms with van der Waals surface area (Å²) in [7, 11) is 0. The van der Waals surface area contributed by atoms with Crippen molar-refractivity contribution in [3.05, 3.63) is 24.3 Å². The molecule has 0 bridgehead atoms. The lowest BCUT2D eigenvalue weighted by Crippen LogP contribution is -2.43. The van der Waals surface area contributed by atoms with Crippen LogP contribution < -0.4 is 16.0 Å². The number of carbonyl (C=O) groups excluding carboxylic acids is 2. The molecule has 0 saturated heterocycles. The molecule has 0 spiro atoms. The summed E-state index contributed by atoms with van der Waals surface area (Å²) in [4.78, 5) is 24.0. The number of hydrogen-bond acceptors (Lipinski definition) is 2. The fourth-order valence-corrected chi connectivity index (χ4v) is 3.13. The number of anilines is 2. The molecule has 2 fully saturated rings. The Balaban J connectivity index is 1.54. The zero-order valence-electron chi connectivity index (χ0n) is 13.6. The average molecular weight is 315 g/mol. The molecule has 23 heavy (non-hydrogen) atoms. The van der Waals surface area contributed by atoms with Gasteiger partial charge in [-0.1, -0.05) is 25.8 Å². The first-order valence-electron chi connectivity index (χ1n) is 8.60. The molecule has 2 aliphatic carbocycles. The molecule has 3 amide bonds.